The van der Waals surface area contributed by atoms with Crippen LogP contribution in [0.15, 0.2) is 41.4 Å². The van der Waals surface area contributed by atoms with Crippen molar-refractivity contribution in [2.24, 2.45) is 0 Å². The van der Waals surface area contributed by atoms with Crippen LogP contribution >= 0.6 is 11.8 Å². The minimum Gasteiger partial charge on any atom is -0.229 e. The lowest BCUT2D eigenvalue weighted by molar-refractivity contribution is -0.142. The summed E-state index contributed by atoms with van der Waals surface area (Å²) in [5, 5.41) is 3.70. The average Bonchev–Trinajstić information content (AvgIpc) is 2.78. The van der Waals surface area contributed by atoms with Gasteiger partial charge in [0.15, 0.2) is 0 Å². The summed E-state index contributed by atoms with van der Waals surface area (Å²) in [4.78, 5) is 0.995. The normalized spacial score (nSPS) is 11.8. The van der Waals surface area contributed by atoms with Gasteiger partial charge in [0.25, 0.3) is 0 Å². The van der Waals surface area contributed by atoms with E-state index in [9.17, 15) is 13.2 Å². The van der Waals surface area contributed by atoms with E-state index in [0.717, 1.165) is 21.8 Å². The maximum absolute atomic E-state index is 12.6. The van der Waals surface area contributed by atoms with Crippen molar-refractivity contribution in [3.8, 4) is 5.69 Å². The lowest BCUT2D eigenvalue weighted by Crippen LogP contribution is -2.13. The van der Waals surface area contributed by atoms with Crippen LogP contribution in [0.4, 0.5) is 13.2 Å². The zero-order chi connectivity index (χ0) is 12.5. The molecule has 1 aromatic carbocycles. The molecule has 90 valence electrons. The Balaban J connectivity index is 2.43. The molecule has 0 aliphatic rings. The summed E-state index contributed by atoms with van der Waals surface area (Å²) < 4.78 is 38.8. The Bertz CT molecular complexity index is 502. The van der Waals surface area contributed by atoms with Crippen LogP contribution in [-0.2, 0) is 6.18 Å². The first-order valence-electron chi connectivity index (χ1n) is 4.78. The second kappa shape index (κ2) is 4.44. The number of hydrogen-bond acceptors (Lipinski definition) is 2. The highest BCUT2D eigenvalue weighted by Crippen LogP contribution is 2.30. The van der Waals surface area contributed by atoms with Gasteiger partial charge in [-0.3, -0.25) is 0 Å². The minimum atomic E-state index is -4.39. The highest BCUT2D eigenvalue weighted by Gasteiger charge is 2.35. The van der Waals surface area contributed by atoms with Gasteiger partial charge in [-0.05, 0) is 36.6 Å². The van der Waals surface area contributed by atoms with Crippen molar-refractivity contribution in [1.82, 2.24) is 9.78 Å². The van der Waals surface area contributed by atoms with Crippen molar-refractivity contribution >= 4 is 11.8 Å². The van der Waals surface area contributed by atoms with Crippen LogP contribution in [0.25, 0.3) is 5.69 Å². The number of benzene rings is 1. The van der Waals surface area contributed by atoms with E-state index in [0.29, 0.717) is 5.69 Å². The van der Waals surface area contributed by atoms with Crippen LogP contribution in [0.3, 0.4) is 0 Å². The van der Waals surface area contributed by atoms with Gasteiger partial charge in [0.2, 0.25) is 0 Å². The van der Waals surface area contributed by atoms with E-state index in [4.69, 9.17) is 0 Å². The molecular weight excluding hydrogens is 249 g/mol. The van der Waals surface area contributed by atoms with Gasteiger partial charge in [0.05, 0.1) is 11.9 Å². The van der Waals surface area contributed by atoms with E-state index >= 15 is 0 Å². The molecule has 0 atom stereocenters. The van der Waals surface area contributed by atoms with Gasteiger partial charge in [-0.2, -0.15) is 18.3 Å². The quantitative estimate of drug-likeness (QED) is 0.766. The molecule has 0 aliphatic heterocycles. The van der Waals surface area contributed by atoms with Crippen LogP contribution in [0, 0.1) is 0 Å². The van der Waals surface area contributed by atoms with Crippen LogP contribution in [-0.4, -0.2) is 16.0 Å². The SMILES string of the molecule is CSc1ccc(-n2nccc2C(F)(F)F)cc1. The molecule has 0 amide bonds. The second-order valence-electron chi connectivity index (χ2n) is 3.32. The smallest absolute Gasteiger partial charge is 0.229 e. The van der Waals surface area contributed by atoms with Crippen molar-refractivity contribution in [3.05, 3.63) is 42.2 Å². The van der Waals surface area contributed by atoms with Crippen LogP contribution < -0.4 is 0 Å². The predicted octanol–water partition coefficient (Wildman–Crippen LogP) is 3.61. The second-order valence-corrected chi connectivity index (χ2v) is 4.20. The first kappa shape index (κ1) is 12.0. The molecule has 0 N–H and O–H groups in total. The monoisotopic (exact) mass is 258 g/mol. The Kier molecular flexibility index (Phi) is 3.15. The van der Waals surface area contributed by atoms with Crippen molar-refractivity contribution < 1.29 is 13.2 Å². The van der Waals surface area contributed by atoms with Crippen molar-refractivity contribution in [2.45, 2.75) is 11.1 Å². The summed E-state index contributed by atoms with van der Waals surface area (Å²) in [6.45, 7) is 0. The maximum Gasteiger partial charge on any atom is 0.433 e. The van der Waals surface area contributed by atoms with Crippen molar-refractivity contribution in [2.75, 3.05) is 6.26 Å². The standard InChI is InChI=1S/C11H9F3N2S/c1-17-9-4-2-8(3-5-9)16-10(6-7-15-16)11(12,13)14/h2-7H,1H3. The molecule has 0 bridgehead atoms. The molecule has 17 heavy (non-hydrogen) atoms. The first-order chi connectivity index (χ1) is 8.02. The molecule has 0 unspecified atom stereocenters. The molecule has 0 aliphatic carbocycles. The molecule has 0 saturated heterocycles. The molecule has 0 saturated carbocycles. The Hall–Kier alpha value is -1.43. The molecule has 0 fully saturated rings. The highest BCUT2D eigenvalue weighted by atomic mass is 32.2. The number of thioether (sulfide) groups is 1. The van der Waals surface area contributed by atoms with Crippen LogP contribution in [0.2, 0.25) is 0 Å². The zero-order valence-electron chi connectivity index (χ0n) is 8.90. The third-order valence-corrected chi connectivity index (χ3v) is 2.99. The van der Waals surface area contributed by atoms with Gasteiger partial charge in [-0.25, -0.2) is 4.68 Å². The number of hydrogen-bond donors (Lipinski definition) is 0. The fourth-order valence-corrected chi connectivity index (χ4v) is 1.86. The first-order valence-corrected chi connectivity index (χ1v) is 6.00. The summed E-state index contributed by atoms with van der Waals surface area (Å²) in [5.74, 6) is 0. The van der Waals surface area contributed by atoms with Gasteiger partial charge >= 0.3 is 6.18 Å². The van der Waals surface area contributed by atoms with E-state index in [-0.39, 0.29) is 0 Å². The molecule has 2 nitrogen and oxygen atoms in total. The number of rotatable bonds is 2. The molecule has 2 rings (SSSR count). The molecule has 2 aromatic rings. The molecular formula is C11H9F3N2S. The van der Waals surface area contributed by atoms with Crippen LogP contribution in [0.1, 0.15) is 5.69 Å². The summed E-state index contributed by atoms with van der Waals surface area (Å²) in [7, 11) is 0. The highest BCUT2D eigenvalue weighted by molar-refractivity contribution is 7.98. The number of halogens is 3. The lowest BCUT2D eigenvalue weighted by Gasteiger charge is -2.10. The molecule has 1 heterocycles. The van der Waals surface area contributed by atoms with E-state index < -0.39 is 11.9 Å². The third kappa shape index (κ3) is 2.46. The largest absolute Gasteiger partial charge is 0.433 e. The summed E-state index contributed by atoms with van der Waals surface area (Å²) in [5.41, 5.74) is -0.366. The van der Waals surface area contributed by atoms with E-state index in [1.54, 1.807) is 24.3 Å². The molecule has 6 heteroatoms. The van der Waals surface area contributed by atoms with Gasteiger partial charge in [-0.1, -0.05) is 0 Å². The number of nitrogens with zero attached hydrogens (tertiary/aromatic N) is 2. The lowest BCUT2D eigenvalue weighted by atomic mass is 10.3. The Morgan fingerprint density at radius 1 is 1.12 bits per heavy atom. The van der Waals surface area contributed by atoms with Gasteiger partial charge in [-0.15, -0.1) is 11.8 Å². The Morgan fingerprint density at radius 2 is 1.76 bits per heavy atom. The van der Waals surface area contributed by atoms with Crippen molar-refractivity contribution in [3.63, 3.8) is 0 Å². The molecule has 0 radical (unpaired) electrons. The predicted molar refractivity (Wildman–Crippen MR) is 60.3 cm³/mol. The third-order valence-electron chi connectivity index (χ3n) is 2.25. The topological polar surface area (TPSA) is 17.8 Å². The maximum atomic E-state index is 12.6. The fourth-order valence-electron chi connectivity index (χ4n) is 1.45. The van der Waals surface area contributed by atoms with Gasteiger partial charge in [0.1, 0.15) is 5.69 Å². The van der Waals surface area contributed by atoms with E-state index in [2.05, 4.69) is 5.10 Å². The Labute approximate surface area is 100 Å². The molecule has 0 spiro atoms. The van der Waals surface area contributed by atoms with E-state index in [1.165, 1.54) is 11.8 Å². The Morgan fingerprint density at radius 3 is 2.29 bits per heavy atom. The molecule has 1 aromatic heterocycles. The summed E-state index contributed by atoms with van der Waals surface area (Å²) in [6, 6.07) is 7.73. The summed E-state index contributed by atoms with van der Waals surface area (Å²) in [6.07, 6.45) is -1.34. The van der Waals surface area contributed by atoms with Gasteiger partial charge < -0.3 is 0 Å². The van der Waals surface area contributed by atoms with E-state index in [1.807, 2.05) is 6.26 Å². The summed E-state index contributed by atoms with van der Waals surface area (Å²) >= 11 is 1.53. The van der Waals surface area contributed by atoms with Gasteiger partial charge in [0, 0.05) is 4.90 Å². The minimum absolute atomic E-state index is 0.403. The number of alkyl halides is 3. The fraction of sp³-hybridized carbons (Fsp3) is 0.182. The van der Waals surface area contributed by atoms with Crippen LogP contribution in [0.5, 0.6) is 0 Å². The van der Waals surface area contributed by atoms with Crippen molar-refractivity contribution in [1.29, 1.82) is 0 Å². The average molecular weight is 258 g/mol. The number of aromatic nitrogens is 2. The zero-order valence-corrected chi connectivity index (χ0v) is 9.72.